The van der Waals surface area contributed by atoms with Gasteiger partial charge >= 0.3 is 0 Å². The maximum Gasteiger partial charge on any atom is 0.128 e. The molecule has 0 aliphatic heterocycles. The van der Waals surface area contributed by atoms with Gasteiger partial charge in [-0.15, -0.1) is 0 Å². The van der Waals surface area contributed by atoms with Crippen molar-refractivity contribution in [1.29, 1.82) is 5.26 Å². The van der Waals surface area contributed by atoms with Crippen LogP contribution in [0.5, 0.6) is 0 Å². The van der Waals surface area contributed by atoms with E-state index >= 15 is 0 Å². The Bertz CT molecular complexity index is 407. The van der Waals surface area contributed by atoms with E-state index in [0.29, 0.717) is 17.7 Å². The van der Waals surface area contributed by atoms with Crippen molar-refractivity contribution < 1.29 is 9.13 Å². The molecule has 0 bridgehead atoms. The molecule has 3 heteroatoms. The van der Waals surface area contributed by atoms with E-state index < -0.39 is 0 Å². The molecule has 0 spiro atoms. The van der Waals surface area contributed by atoms with Crippen molar-refractivity contribution in [2.45, 2.75) is 25.9 Å². The van der Waals surface area contributed by atoms with Gasteiger partial charge in [0.05, 0.1) is 18.2 Å². The van der Waals surface area contributed by atoms with Crippen LogP contribution in [0, 0.1) is 23.1 Å². The Hall–Kier alpha value is -1.40. The van der Waals surface area contributed by atoms with Gasteiger partial charge in [0.2, 0.25) is 0 Å². The summed E-state index contributed by atoms with van der Waals surface area (Å²) >= 11 is 0. The Kier molecular flexibility index (Phi) is 3.53. The molecular weight excluding hydrogens is 205 g/mol. The normalized spacial score (nSPS) is 14.8. The van der Waals surface area contributed by atoms with Crippen LogP contribution in [-0.4, -0.2) is 6.61 Å². The predicted molar refractivity (Wildman–Crippen MR) is 58.1 cm³/mol. The molecule has 2 rings (SSSR count). The molecule has 1 aliphatic rings. The predicted octanol–water partition coefficient (Wildman–Crippen LogP) is 3.01. The van der Waals surface area contributed by atoms with Gasteiger partial charge in [-0.3, -0.25) is 0 Å². The second kappa shape index (κ2) is 5.09. The highest BCUT2D eigenvalue weighted by atomic mass is 19.1. The van der Waals surface area contributed by atoms with Crippen LogP contribution >= 0.6 is 0 Å². The van der Waals surface area contributed by atoms with E-state index in [0.717, 1.165) is 12.3 Å². The summed E-state index contributed by atoms with van der Waals surface area (Å²) in [5, 5.41) is 8.69. The highest BCUT2D eigenvalue weighted by Crippen LogP contribution is 2.32. The van der Waals surface area contributed by atoms with Crippen LogP contribution in [0.2, 0.25) is 0 Å². The molecule has 1 fully saturated rings. The molecular formula is C13H14FNO. The summed E-state index contributed by atoms with van der Waals surface area (Å²) in [6.45, 7) is 0.939. The first-order valence-corrected chi connectivity index (χ1v) is 5.56. The van der Waals surface area contributed by atoms with Gasteiger partial charge in [0, 0.05) is 12.2 Å². The lowest BCUT2D eigenvalue weighted by atomic mass is 10.1. The monoisotopic (exact) mass is 219 g/mol. The van der Waals surface area contributed by atoms with Crippen molar-refractivity contribution in [3.8, 4) is 6.07 Å². The number of nitriles is 1. The average molecular weight is 219 g/mol. The molecule has 0 radical (unpaired) electrons. The fourth-order valence-corrected chi connectivity index (χ4v) is 1.59. The summed E-state index contributed by atoms with van der Waals surface area (Å²) in [7, 11) is 0. The molecule has 1 aromatic rings. The summed E-state index contributed by atoms with van der Waals surface area (Å²) in [4.78, 5) is 0. The molecule has 84 valence electrons. The summed E-state index contributed by atoms with van der Waals surface area (Å²) in [6, 6.07) is 6.33. The molecule has 0 heterocycles. The molecule has 2 nitrogen and oxygen atoms in total. The number of hydrogen-bond acceptors (Lipinski definition) is 2. The van der Waals surface area contributed by atoms with Gasteiger partial charge in [0.1, 0.15) is 5.82 Å². The van der Waals surface area contributed by atoms with E-state index in [1.165, 1.54) is 25.0 Å². The van der Waals surface area contributed by atoms with Crippen LogP contribution < -0.4 is 0 Å². The number of benzene rings is 1. The van der Waals surface area contributed by atoms with Crippen LogP contribution in [0.15, 0.2) is 18.2 Å². The highest BCUT2D eigenvalue weighted by molar-refractivity contribution is 5.33. The van der Waals surface area contributed by atoms with Gasteiger partial charge in [-0.1, -0.05) is 12.8 Å². The van der Waals surface area contributed by atoms with E-state index in [9.17, 15) is 4.39 Å². The third-order valence-electron chi connectivity index (χ3n) is 2.80. The largest absolute Gasteiger partial charge is 0.377 e. The minimum absolute atomic E-state index is 0.258. The van der Waals surface area contributed by atoms with E-state index in [4.69, 9.17) is 10.00 Å². The summed E-state index contributed by atoms with van der Waals surface area (Å²) in [5.74, 6) is 0.528. The molecule has 1 aliphatic carbocycles. The van der Waals surface area contributed by atoms with Gasteiger partial charge < -0.3 is 4.74 Å². The van der Waals surface area contributed by atoms with Crippen LogP contribution in [0.3, 0.4) is 0 Å². The van der Waals surface area contributed by atoms with Crippen LogP contribution in [0.25, 0.3) is 0 Å². The van der Waals surface area contributed by atoms with Crippen molar-refractivity contribution >= 4 is 0 Å². The maximum absolute atomic E-state index is 13.3. The Morgan fingerprint density at radius 1 is 1.44 bits per heavy atom. The Labute approximate surface area is 94.7 Å². The average Bonchev–Trinajstić information content (AvgIpc) is 3.10. The van der Waals surface area contributed by atoms with E-state index in [1.54, 1.807) is 6.07 Å². The Morgan fingerprint density at radius 3 is 2.94 bits per heavy atom. The van der Waals surface area contributed by atoms with Gasteiger partial charge in [-0.2, -0.15) is 5.26 Å². The topological polar surface area (TPSA) is 33.0 Å². The standard InChI is InChI=1S/C13H14FNO/c14-13-4-3-11(8-15)7-12(13)9-16-6-5-10-1-2-10/h3-4,7,10H,1-2,5-6,9H2. The summed E-state index contributed by atoms with van der Waals surface area (Å²) in [5.41, 5.74) is 0.942. The minimum atomic E-state index is -0.301. The molecule has 0 aromatic heterocycles. The zero-order valence-corrected chi connectivity index (χ0v) is 9.08. The van der Waals surface area contributed by atoms with Crippen LogP contribution in [0.4, 0.5) is 4.39 Å². The lowest BCUT2D eigenvalue weighted by molar-refractivity contribution is 0.113. The summed E-state index contributed by atoms with van der Waals surface area (Å²) in [6.07, 6.45) is 3.68. The number of rotatable bonds is 5. The number of ether oxygens (including phenoxy) is 1. The number of hydrogen-bond donors (Lipinski definition) is 0. The quantitative estimate of drug-likeness (QED) is 0.713. The first kappa shape index (κ1) is 11.1. The number of halogens is 1. The molecule has 0 saturated heterocycles. The second-order valence-electron chi connectivity index (χ2n) is 4.20. The van der Waals surface area contributed by atoms with Gasteiger partial charge in [0.15, 0.2) is 0 Å². The Balaban J connectivity index is 1.84. The second-order valence-corrected chi connectivity index (χ2v) is 4.20. The zero-order chi connectivity index (χ0) is 11.4. The van der Waals surface area contributed by atoms with Crippen molar-refractivity contribution in [1.82, 2.24) is 0 Å². The van der Waals surface area contributed by atoms with Crippen molar-refractivity contribution in [3.05, 3.63) is 35.1 Å². The molecule has 1 saturated carbocycles. The van der Waals surface area contributed by atoms with E-state index in [-0.39, 0.29) is 12.4 Å². The zero-order valence-electron chi connectivity index (χ0n) is 9.08. The summed E-state index contributed by atoms with van der Waals surface area (Å²) < 4.78 is 18.7. The van der Waals surface area contributed by atoms with Gasteiger partial charge in [0.25, 0.3) is 0 Å². The Morgan fingerprint density at radius 2 is 2.25 bits per heavy atom. The smallest absolute Gasteiger partial charge is 0.128 e. The van der Waals surface area contributed by atoms with Crippen LogP contribution in [0.1, 0.15) is 30.4 Å². The third-order valence-corrected chi connectivity index (χ3v) is 2.80. The first-order valence-electron chi connectivity index (χ1n) is 5.56. The van der Waals surface area contributed by atoms with Crippen molar-refractivity contribution in [2.24, 2.45) is 5.92 Å². The highest BCUT2D eigenvalue weighted by Gasteiger charge is 2.20. The van der Waals surface area contributed by atoms with Gasteiger partial charge in [-0.05, 0) is 30.5 Å². The molecule has 0 N–H and O–H groups in total. The van der Waals surface area contributed by atoms with E-state index in [1.807, 2.05) is 6.07 Å². The van der Waals surface area contributed by atoms with Crippen LogP contribution in [-0.2, 0) is 11.3 Å². The maximum atomic E-state index is 13.3. The lowest BCUT2D eigenvalue weighted by Gasteiger charge is -2.05. The fourth-order valence-electron chi connectivity index (χ4n) is 1.59. The molecule has 16 heavy (non-hydrogen) atoms. The third kappa shape index (κ3) is 3.04. The number of nitrogens with zero attached hydrogens (tertiary/aromatic N) is 1. The minimum Gasteiger partial charge on any atom is -0.377 e. The van der Waals surface area contributed by atoms with E-state index in [2.05, 4.69) is 0 Å². The van der Waals surface area contributed by atoms with Crippen molar-refractivity contribution in [2.75, 3.05) is 6.61 Å². The molecule has 0 unspecified atom stereocenters. The molecule has 1 aromatic carbocycles. The molecule has 0 amide bonds. The SMILES string of the molecule is N#Cc1ccc(F)c(COCCC2CC2)c1. The van der Waals surface area contributed by atoms with Gasteiger partial charge in [-0.25, -0.2) is 4.39 Å². The lowest BCUT2D eigenvalue weighted by Crippen LogP contribution is -1.99. The first-order chi connectivity index (χ1) is 7.79. The molecule has 0 atom stereocenters. The fraction of sp³-hybridized carbons (Fsp3) is 0.462. The van der Waals surface area contributed by atoms with Crippen molar-refractivity contribution in [3.63, 3.8) is 0 Å².